The van der Waals surface area contributed by atoms with E-state index in [9.17, 15) is 4.39 Å². The Morgan fingerprint density at radius 3 is 3.00 bits per heavy atom. The third-order valence-electron chi connectivity index (χ3n) is 3.49. The van der Waals surface area contributed by atoms with Gasteiger partial charge in [-0.05, 0) is 33.6 Å². The molecule has 0 spiro atoms. The summed E-state index contributed by atoms with van der Waals surface area (Å²) in [7, 11) is 0. The quantitative estimate of drug-likeness (QED) is 0.727. The lowest BCUT2D eigenvalue weighted by atomic mass is 10.1. The van der Waals surface area contributed by atoms with E-state index in [0.29, 0.717) is 9.99 Å². The highest BCUT2D eigenvalue weighted by Gasteiger charge is 2.26. The van der Waals surface area contributed by atoms with Crippen LogP contribution in [0.3, 0.4) is 0 Å². The molecule has 1 atom stereocenters. The van der Waals surface area contributed by atoms with E-state index in [1.54, 1.807) is 6.07 Å². The minimum Gasteiger partial charge on any atom is -0.482 e. The summed E-state index contributed by atoms with van der Waals surface area (Å²) in [6, 6.07) is 11.1. The van der Waals surface area contributed by atoms with Crippen LogP contribution in [-0.4, -0.2) is 9.97 Å². The van der Waals surface area contributed by atoms with Crippen molar-refractivity contribution in [2.75, 3.05) is 0 Å². The lowest BCUT2D eigenvalue weighted by molar-refractivity contribution is 0.229. The molecule has 0 saturated heterocycles. The van der Waals surface area contributed by atoms with E-state index >= 15 is 0 Å². The Morgan fingerprint density at radius 1 is 1.30 bits per heavy atom. The van der Waals surface area contributed by atoms with E-state index in [-0.39, 0.29) is 11.9 Å². The molecule has 1 N–H and O–H groups in total. The number of hydrogen-bond donors (Lipinski definition) is 1. The number of para-hydroxylation sites is 1. The van der Waals surface area contributed by atoms with Crippen molar-refractivity contribution in [2.24, 2.45) is 0 Å². The topological polar surface area (TPSA) is 37.9 Å². The Morgan fingerprint density at radius 2 is 2.15 bits per heavy atom. The maximum absolute atomic E-state index is 13.5. The fourth-order valence-electron chi connectivity index (χ4n) is 2.51. The van der Waals surface area contributed by atoms with Gasteiger partial charge in [-0.15, -0.1) is 0 Å². The summed E-state index contributed by atoms with van der Waals surface area (Å²) in [6.45, 7) is 0. The molecule has 0 bridgehead atoms. The standard InChI is InChI=1S/C15H10BrFN2O/c16-9-6-11-12(7-10(9)17)19-15(18-11)14-5-8-3-1-2-4-13(8)20-14/h1-4,6-7,14H,5H2,(H,18,19). The zero-order valence-corrected chi connectivity index (χ0v) is 11.9. The lowest BCUT2D eigenvalue weighted by Gasteiger charge is -2.06. The van der Waals surface area contributed by atoms with Crippen molar-refractivity contribution in [2.45, 2.75) is 12.5 Å². The molecule has 0 aliphatic carbocycles. The largest absolute Gasteiger partial charge is 0.482 e. The SMILES string of the molecule is Fc1cc2[nH]c(C3Cc4ccccc4O3)nc2cc1Br. The molecule has 1 unspecified atom stereocenters. The molecule has 3 nitrogen and oxygen atoms in total. The minimum absolute atomic E-state index is 0.137. The predicted octanol–water partition coefficient (Wildman–Crippen LogP) is 4.14. The van der Waals surface area contributed by atoms with Gasteiger partial charge in [-0.1, -0.05) is 18.2 Å². The van der Waals surface area contributed by atoms with Crippen LogP contribution in [0, 0.1) is 5.82 Å². The van der Waals surface area contributed by atoms with Crippen LogP contribution in [0.5, 0.6) is 5.75 Å². The molecule has 0 radical (unpaired) electrons. The fourth-order valence-corrected chi connectivity index (χ4v) is 2.84. The van der Waals surface area contributed by atoms with E-state index in [0.717, 1.165) is 23.5 Å². The van der Waals surface area contributed by atoms with Gasteiger partial charge in [0.2, 0.25) is 0 Å². The van der Waals surface area contributed by atoms with Gasteiger partial charge >= 0.3 is 0 Å². The first-order valence-corrected chi connectivity index (χ1v) is 7.09. The minimum atomic E-state index is -0.302. The van der Waals surface area contributed by atoms with Crippen LogP contribution in [0.2, 0.25) is 0 Å². The Balaban J connectivity index is 1.74. The van der Waals surface area contributed by atoms with Crippen LogP contribution < -0.4 is 4.74 Å². The number of hydrogen-bond acceptors (Lipinski definition) is 2. The summed E-state index contributed by atoms with van der Waals surface area (Å²) < 4.78 is 19.8. The second kappa shape index (κ2) is 4.31. The third-order valence-corrected chi connectivity index (χ3v) is 4.10. The van der Waals surface area contributed by atoms with Crippen LogP contribution >= 0.6 is 15.9 Å². The molecule has 5 heteroatoms. The highest BCUT2D eigenvalue weighted by molar-refractivity contribution is 9.10. The van der Waals surface area contributed by atoms with E-state index < -0.39 is 0 Å². The van der Waals surface area contributed by atoms with Crippen molar-refractivity contribution in [3.05, 3.63) is 58.1 Å². The van der Waals surface area contributed by atoms with Crippen molar-refractivity contribution in [1.29, 1.82) is 0 Å². The molecule has 0 saturated carbocycles. The number of rotatable bonds is 1. The number of ether oxygens (including phenoxy) is 1. The molecule has 100 valence electrons. The fraction of sp³-hybridized carbons (Fsp3) is 0.133. The number of halogens is 2. The average Bonchev–Trinajstić information content (AvgIpc) is 3.02. The summed E-state index contributed by atoms with van der Waals surface area (Å²) >= 11 is 3.17. The van der Waals surface area contributed by atoms with E-state index in [2.05, 4.69) is 25.9 Å². The molecule has 2 aromatic carbocycles. The number of H-pyrrole nitrogens is 1. The molecule has 1 aliphatic rings. The van der Waals surface area contributed by atoms with Gasteiger partial charge in [-0.25, -0.2) is 9.37 Å². The van der Waals surface area contributed by atoms with E-state index in [4.69, 9.17) is 4.74 Å². The van der Waals surface area contributed by atoms with Crippen molar-refractivity contribution < 1.29 is 9.13 Å². The van der Waals surface area contributed by atoms with Gasteiger partial charge in [-0.3, -0.25) is 0 Å². The molecule has 0 amide bonds. The summed E-state index contributed by atoms with van der Waals surface area (Å²) in [6.07, 6.45) is 0.640. The molecular weight excluding hydrogens is 323 g/mol. The lowest BCUT2D eigenvalue weighted by Crippen LogP contribution is -2.05. The molecule has 2 heterocycles. The Bertz CT molecular complexity index is 751. The monoisotopic (exact) mass is 332 g/mol. The molecule has 1 aliphatic heterocycles. The first-order valence-electron chi connectivity index (χ1n) is 6.30. The Hall–Kier alpha value is -1.88. The van der Waals surface area contributed by atoms with Gasteiger partial charge in [0.15, 0.2) is 6.10 Å². The molecule has 0 fully saturated rings. The van der Waals surface area contributed by atoms with Crippen LogP contribution in [0.4, 0.5) is 4.39 Å². The number of nitrogens with one attached hydrogen (secondary N) is 1. The number of aromatic nitrogens is 2. The van der Waals surface area contributed by atoms with Crippen molar-refractivity contribution >= 4 is 27.0 Å². The van der Waals surface area contributed by atoms with Crippen LogP contribution in [0.1, 0.15) is 17.5 Å². The molecule has 4 rings (SSSR count). The van der Waals surface area contributed by atoms with Crippen LogP contribution in [0.25, 0.3) is 11.0 Å². The first kappa shape index (κ1) is 11.9. The van der Waals surface area contributed by atoms with Crippen LogP contribution in [0.15, 0.2) is 40.9 Å². The second-order valence-corrected chi connectivity index (χ2v) is 5.68. The normalized spacial score (nSPS) is 17.2. The smallest absolute Gasteiger partial charge is 0.160 e. The van der Waals surface area contributed by atoms with Gasteiger partial charge in [0.1, 0.15) is 17.4 Å². The number of nitrogens with zero attached hydrogens (tertiary/aromatic N) is 1. The molecule has 3 aromatic rings. The van der Waals surface area contributed by atoms with Gasteiger partial charge in [0.25, 0.3) is 0 Å². The summed E-state index contributed by atoms with van der Waals surface area (Å²) in [5, 5.41) is 0. The van der Waals surface area contributed by atoms with Crippen molar-refractivity contribution in [3.8, 4) is 5.75 Å². The Kier molecular flexibility index (Phi) is 2.57. The van der Waals surface area contributed by atoms with Crippen molar-refractivity contribution in [3.63, 3.8) is 0 Å². The summed E-state index contributed by atoms with van der Waals surface area (Å²) in [4.78, 5) is 7.65. The number of fused-ring (bicyclic) bond motifs is 2. The summed E-state index contributed by atoms with van der Waals surface area (Å²) in [5.41, 5.74) is 2.58. The highest BCUT2D eigenvalue weighted by Crippen LogP contribution is 2.36. The zero-order valence-electron chi connectivity index (χ0n) is 10.4. The van der Waals surface area contributed by atoms with E-state index in [1.807, 2.05) is 24.3 Å². The van der Waals surface area contributed by atoms with E-state index in [1.165, 1.54) is 11.6 Å². The predicted molar refractivity (Wildman–Crippen MR) is 77.3 cm³/mol. The van der Waals surface area contributed by atoms with Gasteiger partial charge in [0.05, 0.1) is 15.5 Å². The van der Waals surface area contributed by atoms with Crippen LogP contribution in [-0.2, 0) is 6.42 Å². The maximum Gasteiger partial charge on any atom is 0.160 e. The molecular formula is C15H10BrFN2O. The summed E-state index contributed by atoms with van der Waals surface area (Å²) in [5.74, 6) is 1.32. The van der Waals surface area contributed by atoms with Gasteiger partial charge < -0.3 is 9.72 Å². The van der Waals surface area contributed by atoms with Gasteiger partial charge in [-0.2, -0.15) is 0 Å². The molecule has 20 heavy (non-hydrogen) atoms. The highest BCUT2D eigenvalue weighted by atomic mass is 79.9. The molecule has 1 aromatic heterocycles. The van der Waals surface area contributed by atoms with Gasteiger partial charge in [0, 0.05) is 12.5 Å². The number of aromatic amines is 1. The Labute approximate surface area is 122 Å². The third kappa shape index (κ3) is 1.81. The zero-order chi connectivity index (χ0) is 13.7. The maximum atomic E-state index is 13.5. The first-order chi connectivity index (χ1) is 9.70. The average molecular weight is 333 g/mol. The van der Waals surface area contributed by atoms with Crippen molar-refractivity contribution in [1.82, 2.24) is 9.97 Å². The second-order valence-electron chi connectivity index (χ2n) is 4.82. The number of benzene rings is 2. The number of imidazole rings is 1.